The van der Waals surface area contributed by atoms with Gasteiger partial charge < -0.3 is 9.05 Å². The molecular weight excluding hydrogens is 311 g/mol. The van der Waals surface area contributed by atoms with Crippen LogP contribution in [-0.4, -0.2) is 24.0 Å². The molecule has 0 aliphatic heterocycles. The minimum absolute atomic E-state index is 0.487. The van der Waals surface area contributed by atoms with Gasteiger partial charge in [0.15, 0.2) is 0 Å². The number of aromatic nitrogens is 2. The number of hydrogen-bond acceptors (Lipinski definition) is 4. The zero-order chi connectivity index (χ0) is 16.3. The summed E-state index contributed by atoms with van der Waals surface area (Å²) in [5.41, 5.74) is 2.76. The van der Waals surface area contributed by atoms with Crippen LogP contribution in [0.25, 0.3) is 23.1 Å². The second-order valence-electron chi connectivity index (χ2n) is 5.11. The lowest BCUT2D eigenvalue weighted by atomic mass is 10.1. The molecule has 3 aromatic rings. The zero-order valence-electron chi connectivity index (χ0n) is 12.9. The van der Waals surface area contributed by atoms with Gasteiger partial charge in [0, 0.05) is 19.2 Å². The van der Waals surface area contributed by atoms with Crippen molar-refractivity contribution in [1.82, 2.24) is 10.2 Å². The van der Waals surface area contributed by atoms with Gasteiger partial charge in [-0.05, 0) is 29.8 Å². The zero-order valence-corrected chi connectivity index (χ0v) is 13.8. The van der Waals surface area contributed by atoms with E-state index < -0.39 is 7.60 Å². The van der Waals surface area contributed by atoms with Crippen molar-refractivity contribution in [1.29, 1.82) is 0 Å². The maximum absolute atomic E-state index is 11.9. The molecule has 1 aromatic heterocycles. The lowest BCUT2D eigenvalue weighted by Gasteiger charge is -2.12. The van der Waals surface area contributed by atoms with E-state index in [-0.39, 0.29) is 0 Å². The van der Waals surface area contributed by atoms with Crippen molar-refractivity contribution in [3.8, 4) is 5.75 Å². The van der Waals surface area contributed by atoms with Gasteiger partial charge >= 0.3 is 7.60 Å². The highest BCUT2D eigenvalue weighted by Crippen LogP contribution is 2.43. The minimum atomic E-state index is -3.08. The predicted molar refractivity (Wildman–Crippen MR) is 92.6 cm³/mol. The summed E-state index contributed by atoms with van der Waals surface area (Å²) < 4.78 is 22.2. The molecule has 6 heteroatoms. The van der Waals surface area contributed by atoms with Crippen molar-refractivity contribution < 1.29 is 13.6 Å². The van der Waals surface area contributed by atoms with Gasteiger partial charge in [-0.3, -0.25) is 5.10 Å². The van der Waals surface area contributed by atoms with Crippen LogP contribution in [0.15, 0.2) is 48.5 Å². The van der Waals surface area contributed by atoms with Crippen molar-refractivity contribution in [2.75, 3.05) is 13.8 Å². The van der Waals surface area contributed by atoms with Gasteiger partial charge in [0.1, 0.15) is 5.75 Å². The third kappa shape index (κ3) is 3.70. The van der Waals surface area contributed by atoms with E-state index in [0.29, 0.717) is 5.75 Å². The third-order valence-corrected chi connectivity index (χ3v) is 4.61. The van der Waals surface area contributed by atoms with Crippen LogP contribution in [0.1, 0.15) is 11.3 Å². The van der Waals surface area contributed by atoms with E-state index in [9.17, 15) is 4.57 Å². The molecule has 0 amide bonds. The van der Waals surface area contributed by atoms with E-state index in [1.165, 1.54) is 13.8 Å². The molecule has 1 N–H and O–H groups in total. The topological polar surface area (TPSA) is 64.2 Å². The highest BCUT2D eigenvalue weighted by Gasteiger charge is 2.16. The van der Waals surface area contributed by atoms with Crippen molar-refractivity contribution >= 4 is 30.7 Å². The normalized spacial score (nSPS) is 14.2. The average molecular weight is 328 g/mol. The first-order chi connectivity index (χ1) is 11.1. The molecule has 0 fully saturated rings. The van der Waals surface area contributed by atoms with E-state index >= 15 is 0 Å². The molecule has 23 heavy (non-hydrogen) atoms. The van der Waals surface area contributed by atoms with E-state index in [0.717, 1.165) is 22.2 Å². The molecular formula is C17H17N2O3P. The lowest BCUT2D eigenvalue weighted by Crippen LogP contribution is -1.92. The summed E-state index contributed by atoms with van der Waals surface area (Å²) in [6, 6.07) is 15.4. The second kappa shape index (κ2) is 6.41. The first-order valence-corrected chi connectivity index (χ1v) is 9.10. The van der Waals surface area contributed by atoms with Gasteiger partial charge in [-0.2, -0.15) is 5.10 Å². The lowest BCUT2D eigenvalue weighted by molar-refractivity contribution is 0.328. The molecule has 2 aromatic carbocycles. The van der Waals surface area contributed by atoms with Crippen molar-refractivity contribution in [3.05, 3.63) is 59.8 Å². The summed E-state index contributed by atoms with van der Waals surface area (Å²) in [5.74, 6) is 0.487. The summed E-state index contributed by atoms with van der Waals surface area (Å²) >= 11 is 0. The monoisotopic (exact) mass is 328 g/mol. The van der Waals surface area contributed by atoms with Crippen molar-refractivity contribution in [2.24, 2.45) is 0 Å². The summed E-state index contributed by atoms with van der Waals surface area (Å²) in [7, 11) is -1.72. The van der Waals surface area contributed by atoms with Crippen LogP contribution in [0, 0.1) is 0 Å². The molecule has 0 aliphatic carbocycles. The quantitative estimate of drug-likeness (QED) is 0.696. The SMILES string of the molecule is COP(C)(=O)Oc1ccc2[nH]nc(/C=C/c3ccccc3)c2c1. The molecule has 0 saturated heterocycles. The highest BCUT2D eigenvalue weighted by molar-refractivity contribution is 7.53. The van der Waals surface area contributed by atoms with Crippen molar-refractivity contribution in [3.63, 3.8) is 0 Å². The van der Waals surface area contributed by atoms with Crippen LogP contribution < -0.4 is 4.52 Å². The Bertz CT molecular complexity index is 887. The van der Waals surface area contributed by atoms with Crippen LogP contribution >= 0.6 is 7.60 Å². The Hall–Kier alpha value is -2.36. The van der Waals surface area contributed by atoms with Crippen LogP contribution in [-0.2, 0) is 9.09 Å². The van der Waals surface area contributed by atoms with Gasteiger partial charge in [-0.25, -0.2) is 4.57 Å². The van der Waals surface area contributed by atoms with Crippen molar-refractivity contribution in [2.45, 2.75) is 0 Å². The number of nitrogens with one attached hydrogen (secondary N) is 1. The number of aromatic amines is 1. The van der Waals surface area contributed by atoms with Crippen LogP contribution in [0.2, 0.25) is 0 Å². The van der Waals surface area contributed by atoms with E-state index in [4.69, 9.17) is 9.05 Å². The molecule has 1 unspecified atom stereocenters. The number of H-pyrrole nitrogens is 1. The van der Waals surface area contributed by atoms with Crippen LogP contribution in [0.5, 0.6) is 5.75 Å². The van der Waals surface area contributed by atoms with E-state index in [1.807, 2.05) is 48.6 Å². The molecule has 0 saturated carbocycles. The molecule has 0 spiro atoms. The Balaban J connectivity index is 1.92. The number of benzene rings is 2. The van der Waals surface area contributed by atoms with Gasteiger partial charge in [0.05, 0.1) is 11.2 Å². The number of fused-ring (bicyclic) bond motifs is 1. The first kappa shape index (κ1) is 15.5. The van der Waals surface area contributed by atoms with Gasteiger partial charge in [-0.15, -0.1) is 0 Å². The van der Waals surface area contributed by atoms with Crippen LogP contribution in [0.3, 0.4) is 0 Å². The fraction of sp³-hybridized carbons (Fsp3) is 0.118. The standard InChI is InChI=1S/C17H17N2O3P/c1-21-23(2,20)22-14-9-11-17-15(12-14)16(18-19-17)10-8-13-6-4-3-5-7-13/h3-12H,1-2H3,(H,18,19)/b10-8+. The minimum Gasteiger partial charge on any atom is -0.425 e. The largest absolute Gasteiger partial charge is 0.425 e. The molecule has 0 bridgehead atoms. The Morgan fingerprint density at radius 2 is 1.91 bits per heavy atom. The Morgan fingerprint density at radius 1 is 1.13 bits per heavy atom. The fourth-order valence-electron chi connectivity index (χ4n) is 2.17. The van der Waals surface area contributed by atoms with E-state index in [2.05, 4.69) is 10.2 Å². The second-order valence-corrected chi connectivity index (χ2v) is 7.20. The Labute approximate surface area is 134 Å². The Kier molecular flexibility index (Phi) is 4.33. The van der Waals surface area contributed by atoms with E-state index in [1.54, 1.807) is 12.1 Å². The summed E-state index contributed by atoms with van der Waals surface area (Å²) in [6.07, 6.45) is 3.92. The maximum Gasteiger partial charge on any atom is 0.375 e. The van der Waals surface area contributed by atoms with Gasteiger partial charge in [0.2, 0.25) is 0 Å². The summed E-state index contributed by atoms with van der Waals surface area (Å²) in [6.45, 7) is 1.43. The summed E-state index contributed by atoms with van der Waals surface area (Å²) in [4.78, 5) is 0. The third-order valence-electron chi connectivity index (χ3n) is 3.40. The molecule has 3 rings (SSSR count). The summed E-state index contributed by atoms with van der Waals surface area (Å²) in [5, 5.41) is 8.17. The molecule has 1 heterocycles. The van der Waals surface area contributed by atoms with Gasteiger partial charge in [0.25, 0.3) is 0 Å². The smallest absolute Gasteiger partial charge is 0.375 e. The molecule has 1 atom stereocenters. The maximum atomic E-state index is 11.9. The molecule has 0 radical (unpaired) electrons. The fourth-order valence-corrected chi connectivity index (χ4v) is 2.74. The predicted octanol–water partition coefficient (Wildman–Crippen LogP) is 4.58. The number of hydrogen-bond donors (Lipinski definition) is 1. The molecule has 0 aliphatic rings. The number of nitrogens with zero attached hydrogens (tertiary/aromatic N) is 1. The highest BCUT2D eigenvalue weighted by atomic mass is 31.2. The molecule has 118 valence electrons. The average Bonchev–Trinajstić information content (AvgIpc) is 2.96. The number of rotatable bonds is 5. The Morgan fingerprint density at radius 3 is 2.65 bits per heavy atom. The van der Waals surface area contributed by atoms with Crippen LogP contribution in [0.4, 0.5) is 0 Å². The molecule has 5 nitrogen and oxygen atoms in total. The first-order valence-electron chi connectivity index (χ1n) is 7.11. The van der Waals surface area contributed by atoms with Gasteiger partial charge in [-0.1, -0.05) is 36.4 Å².